The van der Waals surface area contributed by atoms with Gasteiger partial charge in [-0.15, -0.1) is 0 Å². The van der Waals surface area contributed by atoms with E-state index in [0.717, 1.165) is 18.4 Å². The molecular formula is C11H14O3S. The van der Waals surface area contributed by atoms with E-state index in [2.05, 4.69) is 0 Å². The van der Waals surface area contributed by atoms with Crippen molar-refractivity contribution in [3.05, 3.63) is 29.3 Å². The summed E-state index contributed by atoms with van der Waals surface area (Å²) in [5.41, 5.74) is 0.673. The molecule has 1 aliphatic rings. The summed E-state index contributed by atoms with van der Waals surface area (Å²) in [6.45, 7) is 1.76. The van der Waals surface area contributed by atoms with Crippen LogP contribution in [0.15, 0.2) is 23.1 Å². The van der Waals surface area contributed by atoms with Gasteiger partial charge in [0.05, 0.1) is 10.5 Å². The number of sulfone groups is 1. The van der Waals surface area contributed by atoms with Crippen LogP contribution in [0.5, 0.6) is 0 Å². The second-order valence-electron chi connectivity index (χ2n) is 4.28. The highest BCUT2D eigenvalue weighted by atomic mass is 32.2. The summed E-state index contributed by atoms with van der Waals surface area (Å²) in [5, 5.41) is 9.89. The van der Waals surface area contributed by atoms with Crippen molar-refractivity contribution in [1.29, 1.82) is 0 Å². The first-order valence-corrected chi connectivity index (χ1v) is 6.76. The zero-order chi connectivity index (χ0) is 11.3. The molecule has 0 radical (unpaired) electrons. The molecule has 4 heteroatoms. The van der Waals surface area contributed by atoms with E-state index in [4.69, 9.17) is 0 Å². The fourth-order valence-electron chi connectivity index (χ4n) is 1.70. The number of hydrogen-bond acceptors (Lipinski definition) is 3. The summed E-state index contributed by atoms with van der Waals surface area (Å²) in [6.07, 6.45) is 2.63. The maximum atomic E-state index is 11.5. The van der Waals surface area contributed by atoms with Crippen LogP contribution < -0.4 is 0 Å². The molecule has 0 spiro atoms. The predicted octanol–water partition coefficient (Wildman–Crippen LogP) is 1.38. The molecule has 1 aromatic carbocycles. The number of aliphatic hydroxyl groups is 1. The van der Waals surface area contributed by atoms with Gasteiger partial charge in [-0.05, 0) is 37.0 Å². The van der Waals surface area contributed by atoms with Gasteiger partial charge in [0.15, 0.2) is 9.84 Å². The molecule has 0 unspecified atom stereocenters. The third-order valence-corrected chi connectivity index (χ3v) is 4.09. The van der Waals surface area contributed by atoms with Crippen LogP contribution in [0.2, 0.25) is 0 Å². The summed E-state index contributed by atoms with van der Waals surface area (Å²) in [7, 11) is -3.20. The van der Waals surface area contributed by atoms with Crippen LogP contribution in [0.3, 0.4) is 0 Å². The van der Waals surface area contributed by atoms with Crippen molar-refractivity contribution in [2.24, 2.45) is 0 Å². The lowest BCUT2D eigenvalue weighted by atomic mass is 10.1. The van der Waals surface area contributed by atoms with Gasteiger partial charge < -0.3 is 5.11 Å². The van der Waals surface area contributed by atoms with Gasteiger partial charge in [-0.3, -0.25) is 0 Å². The fourth-order valence-corrected chi connectivity index (χ4v) is 2.69. The second-order valence-corrected chi connectivity index (χ2v) is 6.27. The molecule has 0 aromatic heterocycles. The Labute approximate surface area is 89.7 Å². The quantitative estimate of drug-likeness (QED) is 0.829. The highest BCUT2D eigenvalue weighted by molar-refractivity contribution is 7.90. The summed E-state index contributed by atoms with van der Waals surface area (Å²) >= 11 is 0. The van der Waals surface area contributed by atoms with Gasteiger partial charge >= 0.3 is 0 Å². The van der Waals surface area contributed by atoms with Gasteiger partial charge in [-0.1, -0.05) is 12.1 Å². The maximum Gasteiger partial charge on any atom is 0.175 e. The van der Waals surface area contributed by atoms with Gasteiger partial charge in [-0.2, -0.15) is 0 Å². The van der Waals surface area contributed by atoms with Crippen LogP contribution >= 0.6 is 0 Å². The van der Waals surface area contributed by atoms with Crippen LogP contribution in [0, 0.1) is 6.92 Å². The lowest BCUT2D eigenvalue weighted by Crippen LogP contribution is -2.07. The summed E-state index contributed by atoms with van der Waals surface area (Å²) in [6, 6.07) is 5.15. The van der Waals surface area contributed by atoms with E-state index in [1.54, 1.807) is 25.1 Å². The second kappa shape index (κ2) is 3.06. The molecule has 1 aromatic rings. The fraction of sp³-hybridized carbons (Fsp3) is 0.455. The average molecular weight is 226 g/mol. The molecule has 2 rings (SSSR count). The largest absolute Gasteiger partial charge is 0.385 e. The molecule has 0 atom stereocenters. The lowest BCUT2D eigenvalue weighted by molar-refractivity contribution is 0.151. The zero-order valence-electron chi connectivity index (χ0n) is 8.82. The number of rotatable bonds is 2. The van der Waals surface area contributed by atoms with E-state index in [9.17, 15) is 13.5 Å². The van der Waals surface area contributed by atoms with E-state index in [-0.39, 0.29) is 0 Å². The summed E-state index contributed by atoms with van der Waals surface area (Å²) < 4.78 is 22.9. The minimum atomic E-state index is -3.20. The minimum absolute atomic E-state index is 0.320. The lowest BCUT2D eigenvalue weighted by Gasteiger charge is -2.11. The van der Waals surface area contributed by atoms with Gasteiger partial charge in [0.25, 0.3) is 0 Å². The standard InChI is InChI=1S/C11H14O3S/c1-8-3-4-9(11(12)5-6-11)7-10(8)15(2,13)14/h3-4,7,12H,5-6H2,1-2H3. The van der Waals surface area contributed by atoms with Crippen molar-refractivity contribution < 1.29 is 13.5 Å². The Morgan fingerprint density at radius 2 is 1.93 bits per heavy atom. The molecule has 1 aliphatic carbocycles. The summed E-state index contributed by atoms with van der Waals surface area (Å²) in [5.74, 6) is 0. The van der Waals surface area contributed by atoms with Gasteiger partial charge in [0, 0.05) is 6.26 Å². The summed E-state index contributed by atoms with van der Waals surface area (Å²) in [4.78, 5) is 0.320. The molecule has 0 bridgehead atoms. The van der Waals surface area contributed by atoms with Crippen molar-refractivity contribution in [3.63, 3.8) is 0 Å². The van der Waals surface area contributed by atoms with E-state index < -0.39 is 15.4 Å². The maximum absolute atomic E-state index is 11.5. The van der Waals surface area contributed by atoms with Crippen LogP contribution in [0.1, 0.15) is 24.0 Å². The highest BCUT2D eigenvalue weighted by Crippen LogP contribution is 2.45. The Morgan fingerprint density at radius 1 is 1.33 bits per heavy atom. The molecule has 1 fully saturated rings. The molecule has 82 valence electrons. The molecular weight excluding hydrogens is 212 g/mol. The smallest absolute Gasteiger partial charge is 0.175 e. The number of benzene rings is 1. The first kappa shape index (κ1) is 10.6. The Morgan fingerprint density at radius 3 is 2.40 bits per heavy atom. The Kier molecular flexibility index (Phi) is 2.17. The monoisotopic (exact) mass is 226 g/mol. The van der Waals surface area contributed by atoms with Crippen LogP contribution in [-0.4, -0.2) is 19.8 Å². The first-order valence-electron chi connectivity index (χ1n) is 4.86. The van der Waals surface area contributed by atoms with Crippen molar-refractivity contribution in [2.45, 2.75) is 30.3 Å². The Hall–Kier alpha value is -0.870. The van der Waals surface area contributed by atoms with Crippen LogP contribution in [0.25, 0.3) is 0 Å². The van der Waals surface area contributed by atoms with E-state index >= 15 is 0 Å². The highest BCUT2D eigenvalue weighted by Gasteiger charge is 2.42. The molecule has 0 amide bonds. The molecule has 3 nitrogen and oxygen atoms in total. The number of aryl methyl sites for hydroxylation is 1. The van der Waals surface area contributed by atoms with Crippen molar-refractivity contribution in [2.75, 3.05) is 6.26 Å². The normalized spacial score (nSPS) is 18.9. The molecule has 1 saturated carbocycles. The zero-order valence-corrected chi connectivity index (χ0v) is 9.63. The molecule has 1 N–H and O–H groups in total. The number of hydrogen-bond donors (Lipinski definition) is 1. The van der Waals surface area contributed by atoms with E-state index in [1.807, 2.05) is 0 Å². The Balaban J connectivity index is 2.56. The van der Waals surface area contributed by atoms with Gasteiger partial charge in [0.1, 0.15) is 0 Å². The van der Waals surface area contributed by atoms with E-state index in [1.165, 1.54) is 6.26 Å². The molecule has 0 heterocycles. The van der Waals surface area contributed by atoms with Crippen LogP contribution in [0.4, 0.5) is 0 Å². The minimum Gasteiger partial charge on any atom is -0.385 e. The van der Waals surface area contributed by atoms with E-state index in [0.29, 0.717) is 10.5 Å². The third-order valence-electron chi connectivity index (χ3n) is 2.85. The first-order chi connectivity index (χ1) is 6.83. The van der Waals surface area contributed by atoms with Crippen LogP contribution in [-0.2, 0) is 15.4 Å². The topological polar surface area (TPSA) is 54.4 Å². The van der Waals surface area contributed by atoms with Gasteiger partial charge in [0.2, 0.25) is 0 Å². The molecule has 15 heavy (non-hydrogen) atoms. The van der Waals surface area contributed by atoms with Crippen molar-refractivity contribution >= 4 is 9.84 Å². The van der Waals surface area contributed by atoms with Crippen molar-refractivity contribution in [1.82, 2.24) is 0 Å². The average Bonchev–Trinajstić information content (AvgIpc) is 2.83. The predicted molar refractivity (Wildman–Crippen MR) is 57.4 cm³/mol. The van der Waals surface area contributed by atoms with Gasteiger partial charge in [-0.25, -0.2) is 8.42 Å². The Bertz CT molecular complexity index is 499. The molecule has 0 aliphatic heterocycles. The molecule has 0 saturated heterocycles. The SMILES string of the molecule is Cc1ccc(C2(O)CC2)cc1S(C)(=O)=O. The third kappa shape index (κ3) is 1.92. The van der Waals surface area contributed by atoms with Crippen molar-refractivity contribution in [3.8, 4) is 0 Å².